The van der Waals surface area contributed by atoms with Gasteiger partial charge in [-0.15, -0.1) is 22.7 Å². The van der Waals surface area contributed by atoms with Crippen LogP contribution in [0.25, 0.3) is 6.08 Å². The van der Waals surface area contributed by atoms with Crippen LogP contribution < -0.4 is 0 Å². The van der Waals surface area contributed by atoms with E-state index < -0.39 is 0 Å². The summed E-state index contributed by atoms with van der Waals surface area (Å²) in [5.74, 6) is 0.131. The molecule has 0 bridgehead atoms. The lowest BCUT2D eigenvalue weighted by molar-refractivity contribution is -0.128. The van der Waals surface area contributed by atoms with Crippen LogP contribution in [-0.4, -0.2) is 17.4 Å². The maximum Gasteiger partial charge on any atom is 0.247 e. The van der Waals surface area contributed by atoms with Gasteiger partial charge in [0.25, 0.3) is 0 Å². The standard InChI is InChI=1S/C17H19NOS2/c1-3-14-13-8-11-21-16(13)6-9-18(14)17(19)5-4-15-12(2)7-10-20-15/h4-5,7-8,10-11,14H,3,6,9H2,1-2H3. The molecule has 0 saturated carbocycles. The summed E-state index contributed by atoms with van der Waals surface area (Å²) in [6.45, 7) is 5.07. The Labute approximate surface area is 133 Å². The highest BCUT2D eigenvalue weighted by molar-refractivity contribution is 7.11. The minimum Gasteiger partial charge on any atom is -0.332 e. The molecule has 3 rings (SSSR count). The molecule has 21 heavy (non-hydrogen) atoms. The van der Waals surface area contributed by atoms with Gasteiger partial charge in [0.15, 0.2) is 0 Å². The molecule has 110 valence electrons. The van der Waals surface area contributed by atoms with Gasteiger partial charge in [-0.2, -0.15) is 0 Å². The van der Waals surface area contributed by atoms with Gasteiger partial charge in [-0.05, 0) is 59.9 Å². The second kappa shape index (κ2) is 6.16. The van der Waals surface area contributed by atoms with Crippen molar-refractivity contribution in [3.8, 4) is 0 Å². The van der Waals surface area contributed by atoms with Gasteiger partial charge < -0.3 is 4.90 Å². The molecule has 1 unspecified atom stereocenters. The molecule has 1 aliphatic rings. The number of hydrogen-bond acceptors (Lipinski definition) is 3. The van der Waals surface area contributed by atoms with Crippen LogP contribution in [0.3, 0.4) is 0 Å². The molecule has 0 fully saturated rings. The molecule has 4 heteroatoms. The Morgan fingerprint density at radius 3 is 2.90 bits per heavy atom. The van der Waals surface area contributed by atoms with E-state index in [2.05, 4.69) is 36.7 Å². The first-order valence-corrected chi connectivity index (χ1v) is 9.05. The number of thiophene rings is 2. The zero-order valence-electron chi connectivity index (χ0n) is 12.3. The van der Waals surface area contributed by atoms with Crippen LogP contribution >= 0.6 is 22.7 Å². The molecule has 0 spiro atoms. The summed E-state index contributed by atoms with van der Waals surface area (Å²) < 4.78 is 0. The molecular weight excluding hydrogens is 298 g/mol. The average molecular weight is 317 g/mol. The number of carbonyl (C=O) groups is 1. The predicted octanol–water partition coefficient (Wildman–Crippen LogP) is 4.67. The summed E-state index contributed by atoms with van der Waals surface area (Å²) in [5.41, 5.74) is 2.58. The Bertz CT molecular complexity index is 668. The third-order valence-electron chi connectivity index (χ3n) is 4.04. The molecule has 2 nitrogen and oxygen atoms in total. The molecule has 1 aliphatic heterocycles. The number of amides is 1. The number of rotatable bonds is 3. The molecule has 2 aromatic heterocycles. The second-order valence-electron chi connectivity index (χ2n) is 5.31. The van der Waals surface area contributed by atoms with Crippen LogP contribution in [-0.2, 0) is 11.2 Å². The summed E-state index contributed by atoms with van der Waals surface area (Å²) in [7, 11) is 0. The Kier molecular flexibility index (Phi) is 4.27. The molecule has 0 saturated heterocycles. The van der Waals surface area contributed by atoms with Crippen LogP contribution in [0.15, 0.2) is 29.0 Å². The van der Waals surface area contributed by atoms with Crippen LogP contribution in [0.2, 0.25) is 0 Å². The predicted molar refractivity (Wildman–Crippen MR) is 90.9 cm³/mol. The third kappa shape index (κ3) is 2.83. The summed E-state index contributed by atoms with van der Waals surface area (Å²) in [6.07, 6.45) is 5.65. The number of aryl methyl sites for hydroxylation is 1. The van der Waals surface area contributed by atoms with Gasteiger partial charge in [-0.25, -0.2) is 0 Å². The van der Waals surface area contributed by atoms with Gasteiger partial charge in [0.05, 0.1) is 6.04 Å². The Hall–Kier alpha value is -1.39. The van der Waals surface area contributed by atoms with Crippen molar-refractivity contribution in [3.63, 3.8) is 0 Å². The van der Waals surface area contributed by atoms with E-state index in [4.69, 9.17) is 0 Å². The Morgan fingerprint density at radius 2 is 2.19 bits per heavy atom. The van der Waals surface area contributed by atoms with Gasteiger partial charge in [-0.1, -0.05) is 6.92 Å². The number of nitrogens with zero attached hydrogens (tertiary/aromatic N) is 1. The van der Waals surface area contributed by atoms with E-state index in [0.717, 1.165) is 19.4 Å². The summed E-state index contributed by atoms with van der Waals surface area (Å²) in [4.78, 5) is 17.2. The highest BCUT2D eigenvalue weighted by Crippen LogP contribution is 2.35. The lowest BCUT2D eigenvalue weighted by Gasteiger charge is -2.34. The molecule has 1 atom stereocenters. The minimum atomic E-state index is 0.131. The van der Waals surface area contributed by atoms with Gasteiger partial charge in [-0.3, -0.25) is 4.79 Å². The highest BCUT2D eigenvalue weighted by Gasteiger charge is 2.29. The molecule has 0 aliphatic carbocycles. The van der Waals surface area contributed by atoms with Crippen molar-refractivity contribution in [2.75, 3.05) is 6.54 Å². The molecule has 0 radical (unpaired) electrons. The van der Waals surface area contributed by atoms with Crippen LogP contribution in [0.4, 0.5) is 0 Å². The van der Waals surface area contributed by atoms with E-state index in [0.29, 0.717) is 0 Å². The SMILES string of the molecule is CCC1c2ccsc2CCN1C(=O)C=Cc1sccc1C. The van der Waals surface area contributed by atoms with Crippen LogP contribution in [0.1, 0.15) is 40.3 Å². The Morgan fingerprint density at radius 1 is 1.38 bits per heavy atom. The van der Waals surface area contributed by atoms with Crippen molar-refractivity contribution in [3.05, 3.63) is 49.9 Å². The van der Waals surface area contributed by atoms with Crippen molar-refractivity contribution in [1.29, 1.82) is 0 Å². The smallest absolute Gasteiger partial charge is 0.247 e. The molecule has 1 amide bonds. The molecule has 3 heterocycles. The first kappa shape index (κ1) is 14.5. The van der Waals surface area contributed by atoms with E-state index in [9.17, 15) is 4.79 Å². The van der Waals surface area contributed by atoms with Gasteiger partial charge in [0.2, 0.25) is 5.91 Å². The fraction of sp³-hybridized carbons (Fsp3) is 0.353. The molecular formula is C17H19NOS2. The maximum absolute atomic E-state index is 12.6. The van der Waals surface area contributed by atoms with Gasteiger partial charge >= 0.3 is 0 Å². The third-order valence-corrected chi connectivity index (χ3v) is 6.02. The quantitative estimate of drug-likeness (QED) is 0.754. The topological polar surface area (TPSA) is 20.3 Å². The fourth-order valence-corrected chi connectivity index (χ4v) is 4.65. The maximum atomic E-state index is 12.6. The lowest BCUT2D eigenvalue weighted by atomic mass is 9.97. The van der Waals surface area contributed by atoms with Crippen LogP contribution in [0, 0.1) is 6.92 Å². The van der Waals surface area contributed by atoms with Crippen molar-refractivity contribution < 1.29 is 4.79 Å². The minimum absolute atomic E-state index is 0.131. The van der Waals surface area contributed by atoms with Crippen molar-refractivity contribution in [1.82, 2.24) is 4.90 Å². The van der Waals surface area contributed by atoms with Crippen LogP contribution in [0.5, 0.6) is 0 Å². The second-order valence-corrected chi connectivity index (χ2v) is 7.25. The molecule has 0 aromatic carbocycles. The summed E-state index contributed by atoms with van der Waals surface area (Å²) in [5, 5.41) is 4.21. The van der Waals surface area contributed by atoms with E-state index in [1.165, 1.54) is 20.9 Å². The number of fused-ring (bicyclic) bond motifs is 1. The van der Waals surface area contributed by atoms with E-state index in [-0.39, 0.29) is 11.9 Å². The highest BCUT2D eigenvalue weighted by atomic mass is 32.1. The number of hydrogen-bond donors (Lipinski definition) is 0. The van der Waals surface area contributed by atoms with E-state index >= 15 is 0 Å². The van der Waals surface area contributed by atoms with Crippen molar-refractivity contribution >= 4 is 34.7 Å². The van der Waals surface area contributed by atoms with Crippen molar-refractivity contribution in [2.45, 2.75) is 32.7 Å². The average Bonchev–Trinajstić information content (AvgIpc) is 3.12. The molecule has 0 N–H and O–H groups in total. The first-order chi connectivity index (χ1) is 10.2. The Balaban J connectivity index is 1.79. The van der Waals surface area contributed by atoms with E-state index in [1.54, 1.807) is 17.4 Å². The summed E-state index contributed by atoms with van der Waals surface area (Å²) in [6, 6.07) is 4.50. The van der Waals surface area contributed by atoms with Gasteiger partial charge in [0, 0.05) is 22.4 Å². The monoisotopic (exact) mass is 317 g/mol. The zero-order valence-corrected chi connectivity index (χ0v) is 14.0. The number of carbonyl (C=O) groups excluding carboxylic acids is 1. The lowest BCUT2D eigenvalue weighted by Crippen LogP contribution is -2.38. The zero-order chi connectivity index (χ0) is 14.8. The van der Waals surface area contributed by atoms with E-state index in [1.807, 2.05) is 22.3 Å². The molecule has 2 aromatic rings. The van der Waals surface area contributed by atoms with Crippen molar-refractivity contribution in [2.24, 2.45) is 0 Å². The largest absolute Gasteiger partial charge is 0.332 e. The van der Waals surface area contributed by atoms with Gasteiger partial charge in [0.1, 0.15) is 0 Å². The first-order valence-electron chi connectivity index (χ1n) is 7.29. The fourth-order valence-electron chi connectivity index (χ4n) is 2.90. The summed E-state index contributed by atoms with van der Waals surface area (Å²) >= 11 is 3.50. The normalized spacial score (nSPS) is 18.2.